The van der Waals surface area contributed by atoms with Gasteiger partial charge in [0, 0.05) is 31.1 Å². The third kappa shape index (κ3) is 4.78. The highest BCUT2D eigenvalue weighted by Crippen LogP contribution is 2.34. The lowest BCUT2D eigenvalue weighted by molar-refractivity contribution is -0.133. The molecule has 1 aromatic carbocycles. The number of ether oxygens (including phenoxy) is 1. The number of carbonyl (C=O) groups excluding carboxylic acids is 1. The van der Waals surface area contributed by atoms with Gasteiger partial charge in [-0.15, -0.1) is 11.3 Å². The van der Waals surface area contributed by atoms with Gasteiger partial charge in [-0.25, -0.2) is 0 Å². The van der Waals surface area contributed by atoms with Crippen LogP contribution in [0.2, 0.25) is 0 Å². The maximum Gasteiger partial charge on any atom is 0.237 e. The van der Waals surface area contributed by atoms with E-state index in [-0.39, 0.29) is 18.1 Å². The van der Waals surface area contributed by atoms with Crippen LogP contribution in [0.5, 0.6) is 0 Å². The van der Waals surface area contributed by atoms with Crippen LogP contribution in [0.25, 0.3) is 0 Å². The number of carbonyl (C=O) groups is 1. The monoisotopic (exact) mass is 384 g/mol. The number of amides is 1. The molecule has 0 spiro atoms. The third-order valence-electron chi connectivity index (χ3n) is 5.54. The zero-order chi connectivity index (χ0) is 18.5. The number of nitrogens with zero attached hydrogens (tertiary/aromatic N) is 2. The fraction of sp³-hybridized carbons (Fsp3) is 0.500. The summed E-state index contributed by atoms with van der Waals surface area (Å²) in [5.74, 6) is 0.250. The van der Waals surface area contributed by atoms with Crippen LogP contribution < -0.4 is 0 Å². The molecule has 0 aliphatic carbocycles. The second-order valence-electron chi connectivity index (χ2n) is 7.55. The van der Waals surface area contributed by atoms with E-state index in [4.69, 9.17) is 4.74 Å². The van der Waals surface area contributed by atoms with E-state index in [9.17, 15) is 4.79 Å². The van der Waals surface area contributed by atoms with Crippen LogP contribution in [0.1, 0.15) is 42.2 Å². The SMILES string of the molecule is O=C(CN(Cc1ccccc1)CC1CCCO1)N1CCCC1c1cccs1. The Morgan fingerprint density at radius 1 is 1.15 bits per heavy atom. The Balaban J connectivity index is 1.43. The molecule has 2 aromatic rings. The van der Waals surface area contributed by atoms with Crippen molar-refractivity contribution in [1.29, 1.82) is 0 Å². The van der Waals surface area contributed by atoms with Crippen molar-refractivity contribution in [3.8, 4) is 0 Å². The van der Waals surface area contributed by atoms with Crippen molar-refractivity contribution in [2.24, 2.45) is 0 Å². The van der Waals surface area contributed by atoms with Gasteiger partial charge in [0.2, 0.25) is 5.91 Å². The molecule has 0 radical (unpaired) electrons. The maximum absolute atomic E-state index is 13.2. The van der Waals surface area contributed by atoms with Gasteiger partial charge in [-0.3, -0.25) is 9.69 Å². The third-order valence-corrected chi connectivity index (χ3v) is 6.51. The van der Waals surface area contributed by atoms with Gasteiger partial charge >= 0.3 is 0 Å². The fourth-order valence-electron chi connectivity index (χ4n) is 4.23. The number of rotatable bonds is 7. The molecule has 4 nitrogen and oxygen atoms in total. The summed E-state index contributed by atoms with van der Waals surface area (Å²) in [4.78, 5) is 18.9. The summed E-state index contributed by atoms with van der Waals surface area (Å²) in [7, 11) is 0. The topological polar surface area (TPSA) is 32.8 Å². The summed E-state index contributed by atoms with van der Waals surface area (Å²) in [6.07, 6.45) is 4.66. The van der Waals surface area contributed by atoms with Crippen molar-refractivity contribution in [1.82, 2.24) is 9.80 Å². The first-order valence-corrected chi connectivity index (χ1v) is 10.9. The molecule has 2 aliphatic heterocycles. The average Bonchev–Trinajstić information content (AvgIpc) is 3.44. The second kappa shape index (κ2) is 9.00. The molecule has 2 unspecified atom stereocenters. The zero-order valence-electron chi connectivity index (χ0n) is 15.8. The Hall–Kier alpha value is -1.69. The quantitative estimate of drug-likeness (QED) is 0.721. The normalized spacial score (nSPS) is 22.6. The summed E-state index contributed by atoms with van der Waals surface area (Å²) in [6.45, 7) is 3.82. The van der Waals surface area contributed by atoms with Crippen LogP contribution >= 0.6 is 11.3 Å². The van der Waals surface area contributed by atoms with E-state index in [1.54, 1.807) is 11.3 Å². The molecule has 4 rings (SSSR count). The highest BCUT2D eigenvalue weighted by Gasteiger charge is 2.32. The Kier molecular flexibility index (Phi) is 6.22. The molecule has 0 N–H and O–H groups in total. The molecule has 2 saturated heterocycles. The molecule has 144 valence electrons. The van der Waals surface area contributed by atoms with Gasteiger partial charge in [-0.1, -0.05) is 36.4 Å². The van der Waals surface area contributed by atoms with Gasteiger partial charge < -0.3 is 9.64 Å². The van der Waals surface area contributed by atoms with Crippen molar-refractivity contribution in [2.75, 3.05) is 26.2 Å². The molecule has 2 atom stereocenters. The molecular formula is C22H28N2O2S. The largest absolute Gasteiger partial charge is 0.377 e. The minimum absolute atomic E-state index is 0.250. The Morgan fingerprint density at radius 2 is 2.04 bits per heavy atom. The minimum atomic E-state index is 0.250. The molecule has 2 fully saturated rings. The fourth-order valence-corrected chi connectivity index (χ4v) is 5.10. The molecule has 1 aromatic heterocycles. The van der Waals surface area contributed by atoms with Crippen LogP contribution in [0.15, 0.2) is 47.8 Å². The van der Waals surface area contributed by atoms with E-state index in [1.165, 1.54) is 10.4 Å². The summed E-state index contributed by atoms with van der Waals surface area (Å²) in [5, 5.41) is 2.11. The van der Waals surface area contributed by atoms with Gasteiger partial charge in [-0.05, 0) is 42.7 Å². The van der Waals surface area contributed by atoms with Crippen LogP contribution in [-0.4, -0.2) is 48.1 Å². The number of thiophene rings is 1. The highest BCUT2D eigenvalue weighted by atomic mass is 32.1. The summed E-state index contributed by atoms with van der Waals surface area (Å²) in [6, 6.07) is 14.9. The Labute approximate surface area is 165 Å². The molecule has 3 heterocycles. The lowest BCUT2D eigenvalue weighted by Gasteiger charge is -2.29. The van der Waals surface area contributed by atoms with Crippen molar-refractivity contribution < 1.29 is 9.53 Å². The molecule has 5 heteroatoms. The van der Waals surface area contributed by atoms with Crippen molar-refractivity contribution in [2.45, 2.75) is 44.4 Å². The van der Waals surface area contributed by atoms with Gasteiger partial charge in [0.25, 0.3) is 0 Å². The molecular weight excluding hydrogens is 356 g/mol. The van der Waals surface area contributed by atoms with E-state index >= 15 is 0 Å². The molecule has 0 bridgehead atoms. The molecule has 2 aliphatic rings. The van der Waals surface area contributed by atoms with Crippen molar-refractivity contribution >= 4 is 17.2 Å². The van der Waals surface area contributed by atoms with Crippen LogP contribution in [0, 0.1) is 0 Å². The van der Waals surface area contributed by atoms with Gasteiger partial charge in [0.15, 0.2) is 0 Å². The van der Waals surface area contributed by atoms with Crippen molar-refractivity contribution in [3.05, 3.63) is 58.3 Å². The van der Waals surface area contributed by atoms with E-state index in [1.807, 2.05) is 6.07 Å². The smallest absolute Gasteiger partial charge is 0.237 e. The standard InChI is InChI=1S/C22H28N2O2S/c25-22(24-12-4-10-20(24)21-11-6-14-27-21)17-23(16-19-9-5-13-26-19)15-18-7-2-1-3-8-18/h1-3,6-8,11,14,19-20H,4-5,9-10,12-13,15-17H2. The first-order valence-electron chi connectivity index (χ1n) is 10.0. The first-order chi connectivity index (χ1) is 13.3. The van der Waals surface area contributed by atoms with E-state index < -0.39 is 0 Å². The van der Waals surface area contributed by atoms with Crippen molar-refractivity contribution in [3.63, 3.8) is 0 Å². The predicted molar refractivity (Wildman–Crippen MR) is 109 cm³/mol. The predicted octanol–water partition coefficient (Wildman–Crippen LogP) is 4.09. The summed E-state index contributed by atoms with van der Waals surface area (Å²) in [5.41, 5.74) is 1.25. The minimum Gasteiger partial charge on any atom is -0.377 e. The van der Waals surface area contributed by atoms with Gasteiger partial charge in [0.1, 0.15) is 0 Å². The number of hydrogen-bond acceptors (Lipinski definition) is 4. The van der Waals surface area contributed by atoms with E-state index in [0.29, 0.717) is 6.54 Å². The van der Waals surface area contributed by atoms with E-state index in [0.717, 1.165) is 51.9 Å². The molecule has 0 saturated carbocycles. The van der Waals surface area contributed by atoms with Gasteiger partial charge in [-0.2, -0.15) is 0 Å². The highest BCUT2D eigenvalue weighted by molar-refractivity contribution is 7.10. The van der Waals surface area contributed by atoms with Gasteiger partial charge in [0.05, 0.1) is 18.7 Å². The summed E-state index contributed by atoms with van der Waals surface area (Å²) >= 11 is 1.76. The number of likely N-dealkylation sites (tertiary alicyclic amines) is 1. The Morgan fingerprint density at radius 3 is 2.78 bits per heavy atom. The number of hydrogen-bond donors (Lipinski definition) is 0. The molecule has 27 heavy (non-hydrogen) atoms. The number of benzene rings is 1. The zero-order valence-corrected chi connectivity index (χ0v) is 16.6. The average molecular weight is 385 g/mol. The Bertz CT molecular complexity index is 713. The molecule has 1 amide bonds. The lowest BCUT2D eigenvalue weighted by Crippen LogP contribution is -2.42. The van der Waals surface area contributed by atoms with Crippen LogP contribution in [0.4, 0.5) is 0 Å². The first kappa shape index (κ1) is 18.7. The lowest BCUT2D eigenvalue weighted by atomic mass is 10.1. The van der Waals surface area contributed by atoms with Crippen LogP contribution in [0.3, 0.4) is 0 Å². The summed E-state index contributed by atoms with van der Waals surface area (Å²) < 4.78 is 5.84. The maximum atomic E-state index is 13.2. The van der Waals surface area contributed by atoms with Crippen LogP contribution in [-0.2, 0) is 16.1 Å². The second-order valence-corrected chi connectivity index (χ2v) is 8.53. The van der Waals surface area contributed by atoms with E-state index in [2.05, 4.69) is 51.6 Å².